The number of nitrogens with two attached hydrogens (primary N) is 1. The molecule has 0 saturated carbocycles. The van der Waals surface area contributed by atoms with Gasteiger partial charge in [0.15, 0.2) is 0 Å². The molecule has 0 bridgehead atoms. The standard InChI is InChI=1S/C49H59N5O10S/c1-8-30-61-43(57)39(54-46(60)64-48(5,6)7)31-33-24-26-37(27-25-33)62-45(59)53-38(28-29-51-44(58)63-47(2,3)4)42(56)52-40(41(50)55)32-65-49(34-18-12-9-13-19-34,35-20-14-10-15-21-35)36-22-16-11-17-23-36/h8-27,38-40H,1,28-32H2,2-7H3,(H2,50,55)(H,51,58)(H,52,56)(H,53,59)(H,54,60). The van der Waals surface area contributed by atoms with Crippen LogP contribution in [0.25, 0.3) is 0 Å². The first-order valence-corrected chi connectivity index (χ1v) is 22.0. The van der Waals surface area contributed by atoms with Crippen LogP contribution in [0.2, 0.25) is 0 Å². The predicted octanol–water partition coefficient (Wildman–Crippen LogP) is 6.92. The lowest BCUT2D eigenvalue weighted by Crippen LogP contribution is -2.55. The topological polar surface area (TPSA) is 213 Å². The third-order valence-corrected chi connectivity index (χ3v) is 10.9. The van der Waals surface area contributed by atoms with Crippen LogP contribution in [0.3, 0.4) is 0 Å². The van der Waals surface area contributed by atoms with E-state index in [9.17, 15) is 28.8 Å². The number of primary amides is 1. The highest BCUT2D eigenvalue weighted by molar-refractivity contribution is 8.00. The highest BCUT2D eigenvalue weighted by atomic mass is 32.2. The van der Waals surface area contributed by atoms with Gasteiger partial charge in [-0.1, -0.05) is 116 Å². The minimum absolute atomic E-state index is 0.0110. The third kappa shape index (κ3) is 16.4. The lowest BCUT2D eigenvalue weighted by atomic mass is 9.84. The van der Waals surface area contributed by atoms with E-state index < -0.39 is 70.1 Å². The Kier molecular flexibility index (Phi) is 18.6. The number of benzene rings is 4. The highest BCUT2D eigenvalue weighted by Crippen LogP contribution is 2.48. The first-order chi connectivity index (χ1) is 30.8. The van der Waals surface area contributed by atoms with E-state index >= 15 is 0 Å². The number of alkyl carbamates (subject to hydrolysis) is 2. The Morgan fingerprint density at radius 2 is 1.14 bits per heavy atom. The maximum Gasteiger partial charge on any atom is 0.413 e. The van der Waals surface area contributed by atoms with E-state index in [2.05, 4.69) is 27.8 Å². The number of nitrogens with one attached hydrogen (secondary N) is 4. The molecule has 0 heterocycles. The van der Waals surface area contributed by atoms with Gasteiger partial charge in [-0.25, -0.2) is 19.2 Å². The number of carbonyl (C=O) groups is 6. The van der Waals surface area contributed by atoms with Gasteiger partial charge in [-0.3, -0.25) is 9.59 Å². The molecular formula is C49H59N5O10S. The fourth-order valence-electron chi connectivity index (χ4n) is 6.44. The first kappa shape index (κ1) is 50.8. The van der Waals surface area contributed by atoms with Gasteiger partial charge >= 0.3 is 24.2 Å². The van der Waals surface area contributed by atoms with Crippen molar-refractivity contribution >= 4 is 47.8 Å². The Labute approximate surface area is 384 Å². The highest BCUT2D eigenvalue weighted by Gasteiger charge is 2.39. The smallest absolute Gasteiger partial charge is 0.413 e. The van der Waals surface area contributed by atoms with E-state index in [4.69, 9.17) is 24.7 Å². The van der Waals surface area contributed by atoms with Gasteiger partial charge in [-0.05, 0) is 82.3 Å². The number of hydrogen-bond acceptors (Lipinski definition) is 11. The van der Waals surface area contributed by atoms with E-state index in [1.165, 1.54) is 30.0 Å². The summed E-state index contributed by atoms with van der Waals surface area (Å²) < 4.78 is 20.5. The molecule has 346 valence electrons. The van der Waals surface area contributed by atoms with Crippen LogP contribution in [-0.4, -0.2) is 84.3 Å². The summed E-state index contributed by atoms with van der Waals surface area (Å²) in [5.41, 5.74) is 7.73. The average molecular weight is 910 g/mol. The number of thioether (sulfide) groups is 1. The molecule has 3 unspecified atom stereocenters. The largest absolute Gasteiger partial charge is 0.460 e. The van der Waals surface area contributed by atoms with Crippen LogP contribution in [0.1, 0.15) is 70.2 Å². The molecule has 16 heteroatoms. The van der Waals surface area contributed by atoms with Crippen LogP contribution >= 0.6 is 11.8 Å². The molecule has 3 atom stereocenters. The molecule has 0 radical (unpaired) electrons. The minimum atomic E-state index is -1.33. The van der Waals surface area contributed by atoms with Gasteiger partial charge in [0.05, 0.1) is 4.75 Å². The molecule has 0 aliphatic heterocycles. The zero-order chi connectivity index (χ0) is 47.6. The Hall–Kier alpha value is -6.81. The van der Waals surface area contributed by atoms with E-state index in [0.29, 0.717) is 5.56 Å². The molecule has 5 amide bonds. The third-order valence-electron chi connectivity index (χ3n) is 9.27. The molecule has 4 rings (SSSR count). The fourth-order valence-corrected chi connectivity index (χ4v) is 8.01. The van der Waals surface area contributed by atoms with Crippen molar-refractivity contribution in [1.29, 1.82) is 0 Å². The summed E-state index contributed by atoms with van der Waals surface area (Å²) in [5.74, 6) is -2.17. The van der Waals surface area contributed by atoms with E-state index in [-0.39, 0.29) is 37.5 Å². The van der Waals surface area contributed by atoms with Crippen molar-refractivity contribution in [2.45, 2.75) is 88.5 Å². The SMILES string of the molecule is C=CCOC(=O)C(Cc1ccc(OC(=O)NC(CCNC(=O)OC(C)(C)C)C(=O)NC(CSC(c2ccccc2)(c2ccccc2)c2ccccc2)C(N)=O)cc1)NC(=O)OC(C)(C)C. The Morgan fingerprint density at radius 1 is 0.646 bits per heavy atom. The summed E-state index contributed by atoms with van der Waals surface area (Å²) in [4.78, 5) is 78.4. The van der Waals surface area contributed by atoms with Gasteiger partial charge < -0.3 is 45.9 Å². The molecule has 6 N–H and O–H groups in total. The summed E-state index contributed by atoms with van der Waals surface area (Å²) in [6, 6.07) is 31.8. The van der Waals surface area contributed by atoms with Crippen molar-refractivity contribution < 1.29 is 47.7 Å². The van der Waals surface area contributed by atoms with Crippen molar-refractivity contribution in [3.8, 4) is 5.75 Å². The normalized spacial score (nSPS) is 12.8. The van der Waals surface area contributed by atoms with E-state index in [0.717, 1.165) is 16.7 Å². The van der Waals surface area contributed by atoms with Gasteiger partial charge in [0, 0.05) is 18.7 Å². The van der Waals surface area contributed by atoms with Gasteiger partial charge in [0.2, 0.25) is 11.8 Å². The molecule has 0 aromatic heterocycles. The number of esters is 1. The molecule has 65 heavy (non-hydrogen) atoms. The zero-order valence-electron chi connectivity index (χ0n) is 37.6. The molecule has 0 aliphatic carbocycles. The van der Waals surface area contributed by atoms with Crippen molar-refractivity contribution in [3.63, 3.8) is 0 Å². The van der Waals surface area contributed by atoms with Gasteiger partial charge in [-0.2, -0.15) is 0 Å². The second kappa shape index (κ2) is 23.8. The Morgan fingerprint density at radius 3 is 1.62 bits per heavy atom. The number of rotatable bonds is 20. The Balaban J connectivity index is 1.53. The van der Waals surface area contributed by atoms with Gasteiger partial charge in [0.1, 0.15) is 41.7 Å². The van der Waals surface area contributed by atoms with Crippen LogP contribution in [0.15, 0.2) is 128 Å². The summed E-state index contributed by atoms with van der Waals surface area (Å²) in [6.45, 7) is 13.5. The van der Waals surface area contributed by atoms with Crippen LogP contribution in [-0.2, 0) is 39.8 Å². The van der Waals surface area contributed by atoms with Crippen molar-refractivity contribution in [2.24, 2.45) is 5.73 Å². The van der Waals surface area contributed by atoms with Crippen molar-refractivity contribution in [1.82, 2.24) is 21.3 Å². The van der Waals surface area contributed by atoms with Crippen LogP contribution in [0, 0.1) is 0 Å². The number of hydrogen-bond donors (Lipinski definition) is 5. The second-order valence-electron chi connectivity index (χ2n) is 16.8. The predicted molar refractivity (Wildman–Crippen MR) is 249 cm³/mol. The number of carbonyl (C=O) groups excluding carboxylic acids is 6. The second-order valence-corrected chi connectivity index (χ2v) is 18.1. The monoisotopic (exact) mass is 909 g/mol. The van der Waals surface area contributed by atoms with E-state index in [1.54, 1.807) is 53.7 Å². The number of amides is 5. The van der Waals surface area contributed by atoms with Crippen LogP contribution < -0.4 is 31.7 Å². The minimum Gasteiger partial charge on any atom is -0.460 e. The summed E-state index contributed by atoms with van der Waals surface area (Å²) in [6.07, 6.45) is -1.29. The fraction of sp³-hybridized carbons (Fsp3) is 0.347. The molecule has 4 aromatic carbocycles. The Bertz CT molecular complexity index is 2120. The number of ether oxygens (including phenoxy) is 4. The van der Waals surface area contributed by atoms with Crippen LogP contribution in [0.4, 0.5) is 14.4 Å². The van der Waals surface area contributed by atoms with E-state index in [1.807, 2.05) is 91.0 Å². The maximum absolute atomic E-state index is 14.1. The lowest BCUT2D eigenvalue weighted by Gasteiger charge is -2.36. The average Bonchev–Trinajstić information content (AvgIpc) is 3.25. The molecule has 0 aliphatic rings. The quantitative estimate of drug-likeness (QED) is 0.0266. The van der Waals surface area contributed by atoms with Crippen molar-refractivity contribution in [2.75, 3.05) is 18.9 Å². The summed E-state index contributed by atoms with van der Waals surface area (Å²) >= 11 is 1.42. The zero-order valence-corrected chi connectivity index (χ0v) is 38.4. The first-order valence-electron chi connectivity index (χ1n) is 21.0. The lowest BCUT2D eigenvalue weighted by molar-refractivity contribution is -0.144. The molecular weight excluding hydrogens is 851 g/mol. The van der Waals surface area contributed by atoms with Crippen LogP contribution in [0.5, 0.6) is 5.75 Å². The molecule has 0 fully saturated rings. The van der Waals surface area contributed by atoms with Crippen molar-refractivity contribution in [3.05, 3.63) is 150 Å². The van der Waals surface area contributed by atoms with Gasteiger partial charge in [-0.15, -0.1) is 11.8 Å². The summed E-state index contributed by atoms with van der Waals surface area (Å²) in [5, 5.41) is 10.4. The molecule has 4 aromatic rings. The molecule has 0 saturated heterocycles. The molecule has 0 spiro atoms. The maximum atomic E-state index is 14.1. The van der Waals surface area contributed by atoms with Gasteiger partial charge in [0.25, 0.3) is 0 Å². The molecule has 15 nitrogen and oxygen atoms in total. The summed E-state index contributed by atoms with van der Waals surface area (Å²) in [7, 11) is 0.